The topological polar surface area (TPSA) is 38.7 Å². The van der Waals surface area contributed by atoms with Crippen molar-refractivity contribution in [2.75, 3.05) is 0 Å². The van der Waals surface area contributed by atoms with E-state index < -0.39 is 17.6 Å². The molecule has 0 fully saturated rings. The third kappa shape index (κ3) is 2.76. The van der Waals surface area contributed by atoms with Gasteiger partial charge in [-0.05, 0) is 30.3 Å². The highest BCUT2D eigenvalue weighted by molar-refractivity contribution is 6.34. The first kappa shape index (κ1) is 14.4. The van der Waals surface area contributed by atoms with Crippen LogP contribution in [0.2, 0.25) is 5.02 Å². The minimum atomic E-state index is -0.790. The van der Waals surface area contributed by atoms with Crippen molar-refractivity contribution in [2.24, 2.45) is 4.99 Å². The molecule has 1 aliphatic heterocycles. The molecule has 22 heavy (non-hydrogen) atoms. The summed E-state index contributed by atoms with van der Waals surface area (Å²) in [5.41, 5.74) is 0.415. The molecule has 110 valence electrons. The number of carbonyl (C=O) groups is 1. The maximum Gasteiger partial charge on any atom is 0.363 e. The number of ether oxygens (including phenoxy) is 1. The molecular weight excluding hydrogens is 312 g/mol. The molecule has 0 aliphatic carbocycles. The van der Waals surface area contributed by atoms with Crippen LogP contribution in [-0.4, -0.2) is 11.9 Å². The number of aliphatic imine (C=N–C) groups is 1. The molecule has 0 atom stereocenters. The molecular formula is C16H8ClF2NO2. The molecule has 2 aromatic rings. The van der Waals surface area contributed by atoms with E-state index in [1.807, 2.05) is 0 Å². The predicted octanol–water partition coefficient (Wildman–Crippen LogP) is 3.96. The van der Waals surface area contributed by atoms with Gasteiger partial charge in [0.05, 0.1) is 10.6 Å². The van der Waals surface area contributed by atoms with Gasteiger partial charge in [-0.3, -0.25) is 0 Å². The second kappa shape index (κ2) is 5.69. The van der Waals surface area contributed by atoms with Gasteiger partial charge in [-0.25, -0.2) is 18.6 Å². The van der Waals surface area contributed by atoms with E-state index in [1.165, 1.54) is 12.1 Å². The summed E-state index contributed by atoms with van der Waals surface area (Å²) in [6, 6.07) is 9.77. The molecule has 6 heteroatoms. The van der Waals surface area contributed by atoms with E-state index in [9.17, 15) is 13.6 Å². The maximum absolute atomic E-state index is 13.6. The van der Waals surface area contributed by atoms with Crippen LogP contribution in [0.25, 0.3) is 6.08 Å². The van der Waals surface area contributed by atoms with Crippen molar-refractivity contribution in [2.45, 2.75) is 0 Å². The molecule has 1 aliphatic rings. The fourth-order valence-corrected chi connectivity index (χ4v) is 2.14. The van der Waals surface area contributed by atoms with Gasteiger partial charge in [0, 0.05) is 11.6 Å². The van der Waals surface area contributed by atoms with Crippen molar-refractivity contribution < 1.29 is 18.3 Å². The van der Waals surface area contributed by atoms with Crippen LogP contribution in [0, 0.1) is 11.6 Å². The lowest BCUT2D eigenvalue weighted by Gasteiger charge is -2.00. The van der Waals surface area contributed by atoms with Crippen molar-refractivity contribution in [3.8, 4) is 0 Å². The van der Waals surface area contributed by atoms with Crippen molar-refractivity contribution in [3.05, 3.63) is 75.9 Å². The van der Waals surface area contributed by atoms with Crippen molar-refractivity contribution in [1.82, 2.24) is 0 Å². The Balaban J connectivity index is 2.00. The minimum Gasteiger partial charge on any atom is -0.402 e. The quantitative estimate of drug-likeness (QED) is 0.620. The monoisotopic (exact) mass is 319 g/mol. The Morgan fingerprint density at radius 2 is 1.91 bits per heavy atom. The standard InChI is InChI=1S/C16H8ClF2NO2/c17-12-4-2-1-3-11(12)15-20-14(16(21)22-15)7-9-5-6-10(18)8-13(9)19/h1-8H/b14-7-. The molecule has 0 saturated carbocycles. The number of carbonyl (C=O) groups excluding carboxylic acids is 1. The first-order chi connectivity index (χ1) is 10.5. The summed E-state index contributed by atoms with van der Waals surface area (Å²) in [5.74, 6) is -2.17. The number of benzene rings is 2. The summed E-state index contributed by atoms with van der Waals surface area (Å²) in [6.07, 6.45) is 1.20. The van der Waals surface area contributed by atoms with Gasteiger partial charge in [0.25, 0.3) is 0 Å². The van der Waals surface area contributed by atoms with Gasteiger partial charge >= 0.3 is 5.97 Å². The van der Waals surface area contributed by atoms with Crippen molar-refractivity contribution in [3.63, 3.8) is 0 Å². The molecule has 1 heterocycles. The van der Waals surface area contributed by atoms with Crippen LogP contribution in [0.4, 0.5) is 8.78 Å². The van der Waals surface area contributed by atoms with Crippen molar-refractivity contribution in [1.29, 1.82) is 0 Å². The zero-order valence-electron chi connectivity index (χ0n) is 11.0. The fourth-order valence-electron chi connectivity index (χ4n) is 1.92. The Bertz CT molecular complexity index is 831. The number of rotatable bonds is 2. The molecule has 0 amide bonds. The van der Waals surface area contributed by atoms with E-state index in [2.05, 4.69) is 4.99 Å². The smallest absolute Gasteiger partial charge is 0.363 e. The highest BCUT2D eigenvalue weighted by Gasteiger charge is 2.25. The van der Waals surface area contributed by atoms with Gasteiger partial charge in [0.1, 0.15) is 11.6 Å². The summed E-state index contributed by atoms with van der Waals surface area (Å²) in [4.78, 5) is 15.8. The highest BCUT2D eigenvalue weighted by Crippen LogP contribution is 2.24. The van der Waals surface area contributed by atoms with Crippen LogP contribution in [0.5, 0.6) is 0 Å². The van der Waals surface area contributed by atoms with E-state index in [0.717, 1.165) is 12.1 Å². The second-order valence-corrected chi connectivity index (χ2v) is 4.89. The summed E-state index contributed by atoms with van der Waals surface area (Å²) >= 11 is 6.01. The molecule has 0 unspecified atom stereocenters. The van der Waals surface area contributed by atoms with Gasteiger partial charge in [0.15, 0.2) is 5.70 Å². The van der Waals surface area contributed by atoms with E-state index in [-0.39, 0.29) is 17.2 Å². The zero-order valence-corrected chi connectivity index (χ0v) is 11.8. The summed E-state index contributed by atoms with van der Waals surface area (Å²) in [6.45, 7) is 0. The lowest BCUT2D eigenvalue weighted by molar-refractivity contribution is -0.129. The lowest BCUT2D eigenvalue weighted by atomic mass is 10.2. The molecule has 2 aromatic carbocycles. The summed E-state index contributed by atoms with van der Waals surface area (Å²) < 4.78 is 31.5. The van der Waals surface area contributed by atoms with Gasteiger partial charge in [-0.15, -0.1) is 0 Å². The van der Waals surface area contributed by atoms with Gasteiger partial charge in [-0.1, -0.05) is 23.7 Å². The first-order valence-corrected chi connectivity index (χ1v) is 6.65. The lowest BCUT2D eigenvalue weighted by Crippen LogP contribution is -2.05. The Morgan fingerprint density at radius 1 is 1.14 bits per heavy atom. The number of halogens is 3. The molecule has 0 saturated heterocycles. The van der Waals surface area contributed by atoms with Gasteiger partial charge in [0.2, 0.25) is 5.90 Å². The average Bonchev–Trinajstić information content (AvgIpc) is 2.83. The van der Waals surface area contributed by atoms with Crippen LogP contribution < -0.4 is 0 Å². The molecule has 3 rings (SSSR count). The number of nitrogens with zero attached hydrogens (tertiary/aromatic N) is 1. The zero-order chi connectivity index (χ0) is 15.7. The van der Waals surface area contributed by atoms with Crippen LogP contribution in [0.1, 0.15) is 11.1 Å². The number of cyclic esters (lactones) is 1. The van der Waals surface area contributed by atoms with Crippen LogP contribution >= 0.6 is 11.6 Å². The average molecular weight is 320 g/mol. The Kier molecular flexibility index (Phi) is 3.73. The Labute approximate surface area is 129 Å². The molecule has 0 N–H and O–H groups in total. The fraction of sp³-hybridized carbons (Fsp3) is 0. The third-order valence-corrected chi connectivity index (χ3v) is 3.31. The minimum absolute atomic E-state index is 0.0394. The summed E-state index contributed by atoms with van der Waals surface area (Å²) in [5, 5.41) is 0.378. The maximum atomic E-state index is 13.6. The second-order valence-electron chi connectivity index (χ2n) is 4.48. The molecule has 3 nitrogen and oxygen atoms in total. The van der Waals surface area contributed by atoms with E-state index in [1.54, 1.807) is 24.3 Å². The summed E-state index contributed by atoms with van der Waals surface area (Å²) in [7, 11) is 0. The van der Waals surface area contributed by atoms with Crippen molar-refractivity contribution >= 4 is 29.5 Å². The third-order valence-electron chi connectivity index (χ3n) is 2.98. The van der Waals surface area contributed by atoms with E-state index in [4.69, 9.17) is 16.3 Å². The molecule has 0 bridgehead atoms. The highest BCUT2D eigenvalue weighted by atomic mass is 35.5. The molecule has 0 radical (unpaired) electrons. The number of hydrogen-bond acceptors (Lipinski definition) is 3. The largest absolute Gasteiger partial charge is 0.402 e. The van der Waals surface area contributed by atoms with E-state index in [0.29, 0.717) is 10.6 Å². The van der Waals surface area contributed by atoms with E-state index >= 15 is 0 Å². The Hall–Kier alpha value is -2.53. The van der Waals surface area contributed by atoms with Crippen LogP contribution in [-0.2, 0) is 9.53 Å². The molecule has 0 aromatic heterocycles. The van der Waals surface area contributed by atoms with Crippen LogP contribution in [0.3, 0.4) is 0 Å². The number of hydrogen-bond donors (Lipinski definition) is 0. The SMILES string of the molecule is O=C1OC(c2ccccc2Cl)=N/C1=C\c1ccc(F)cc1F. The van der Waals surface area contributed by atoms with Gasteiger partial charge < -0.3 is 4.74 Å². The Morgan fingerprint density at radius 3 is 2.64 bits per heavy atom. The van der Waals surface area contributed by atoms with Gasteiger partial charge in [-0.2, -0.15) is 0 Å². The van der Waals surface area contributed by atoms with Crippen LogP contribution in [0.15, 0.2) is 53.2 Å². The molecule has 0 spiro atoms. The first-order valence-electron chi connectivity index (χ1n) is 6.27. The number of esters is 1. The normalized spacial score (nSPS) is 15.9. The predicted molar refractivity (Wildman–Crippen MR) is 78.4 cm³/mol.